The van der Waals surface area contributed by atoms with Crippen molar-refractivity contribution in [3.63, 3.8) is 0 Å². The van der Waals surface area contributed by atoms with E-state index in [-0.39, 0.29) is 36.0 Å². The number of rotatable bonds is 5. The zero-order chi connectivity index (χ0) is 21.2. The van der Waals surface area contributed by atoms with Crippen molar-refractivity contribution >= 4 is 27.4 Å². The molecule has 1 fully saturated rings. The first-order chi connectivity index (χ1) is 13.7. The molecule has 2 aromatic carbocycles. The van der Waals surface area contributed by atoms with Gasteiger partial charge in [-0.1, -0.05) is 12.1 Å². The molecule has 2 aromatic rings. The van der Waals surface area contributed by atoms with E-state index in [1.54, 1.807) is 24.3 Å². The van der Waals surface area contributed by atoms with E-state index < -0.39 is 15.9 Å². The van der Waals surface area contributed by atoms with Crippen LogP contribution in [0.25, 0.3) is 0 Å². The van der Waals surface area contributed by atoms with Crippen LogP contribution >= 0.6 is 0 Å². The summed E-state index contributed by atoms with van der Waals surface area (Å²) in [5.74, 6) is -0.576. The highest BCUT2D eigenvalue weighted by molar-refractivity contribution is 7.89. The lowest BCUT2D eigenvalue weighted by Crippen LogP contribution is -2.48. The molecule has 2 atom stereocenters. The number of morpholine rings is 1. The summed E-state index contributed by atoms with van der Waals surface area (Å²) in [4.78, 5) is 24.4. The third-order valence-corrected chi connectivity index (χ3v) is 6.54. The lowest BCUT2D eigenvalue weighted by molar-refractivity contribution is -0.0440. The number of ether oxygens (including phenoxy) is 1. The van der Waals surface area contributed by atoms with Crippen LogP contribution in [0.2, 0.25) is 0 Å². The Morgan fingerprint density at radius 1 is 1.00 bits per heavy atom. The molecule has 29 heavy (non-hydrogen) atoms. The minimum absolute atomic E-state index is 0.125. The molecule has 1 heterocycles. The molecule has 1 saturated heterocycles. The molecule has 0 saturated carbocycles. The fourth-order valence-electron chi connectivity index (χ4n) is 3.35. The molecule has 8 heteroatoms. The van der Waals surface area contributed by atoms with Gasteiger partial charge >= 0.3 is 0 Å². The van der Waals surface area contributed by atoms with E-state index in [9.17, 15) is 18.0 Å². The number of sulfonamides is 1. The molecule has 1 aliphatic rings. The summed E-state index contributed by atoms with van der Waals surface area (Å²) in [6, 6.07) is 12.5. The van der Waals surface area contributed by atoms with Crippen molar-refractivity contribution in [3.05, 3.63) is 59.7 Å². The van der Waals surface area contributed by atoms with Gasteiger partial charge in [0, 0.05) is 24.2 Å². The molecular formula is C21H24N2O5S. The number of hydrogen-bond donors (Lipinski definition) is 1. The Hall–Kier alpha value is -2.55. The van der Waals surface area contributed by atoms with Crippen molar-refractivity contribution in [2.45, 2.75) is 37.9 Å². The summed E-state index contributed by atoms with van der Waals surface area (Å²) in [5, 5.41) is 2.71. The SMILES string of the molecule is CC(=O)c1ccccc1NC(=O)c1ccc(S(=O)(=O)N2C[C@@H](C)O[C@@H](C)C2)cc1. The first-order valence-electron chi connectivity index (χ1n) is 9.35. The van der Waals surface area contributed by atoms with Crippen LogP contribution in [0.5, 0.6) is 0 Å². The number of para-hydroxylation sites is 1. The van der Waals surface area contributed by atoms with E-state index in [2.05, 4.69) is 5.32 Å². The van der Waals surface area contributed by atoms with Crippen molar-refractivity contribution in [2.24, 2.45) is 0 Å². The van der Waals surface area contributed by atoms with Gasteiger partial charge in [-0.2, -0.15) is 4.31 Å². The van der Waals surface area contributed by atoms with E-state index in [0.717, 1.165) is 0 Å². The van der Waals surface area contributed by atoms with Gasteiger partial charge in [0.2, 0.25) is 10.0 Å². The topological polar surface area (TPSA) is 92.8 Å². The number of carbonyl (C=O) groups is 2. The van der Waals surface area contributed by atoms with E-state index in [4.69, 9.17) is 4.74 Å². The van der Waals surface area contributed by atoms with Crippen LogP contribution in [0.3, 0.4) is 0 Å². The maximum absolute atomic E-state index is 12.9. The average molecular weight is 416 g/mol. The van der Waals surface area contributed by atoms with Crippen molar-refractivity contribution < 1.29 is 22.7 Å². The predicted octanol–water partition coefficient (Wildman–Crippen LogP) is 2.94. The van der Waals surface area contributed by atoms with Crippen LogP contribution < -0.4 is 5.32 Å². The number of benzene rings is 2. The highest BCUT2D eigenvalue weighted by atomic mass is 32.2. The number of ketones is 1. The Morgan fingerprint density at radius 2 is 1.59 bits per heavy atom. The number of hydrogen-bond acceptors (Lipinski definition) is 5. The van der Waals surface area contributed by atoms with Gasteiger partial charge in [-0.3, -0.25) is 9.59 Å². The van der Waals surface area contributed by atoms with E-state index in [1.807, 2.05) is 13.8 Å². The van der Waals surface area contributed by atoms with Gasteiger partial charge in [-0.25, -0.2) is 8.42 Å². The Bertz CT molecular complexity index is 1010. The van der Waals surface area contributed by atoms with Crippen LogP contribution in [0, 0.1) is 0 Å². The summed E-state index contributed by atoms with van der Waals surface area (Å²) in [7, 11) is -3.67. The number of nitrogens with zero attached hydrogens (tertiary/aromatic N) is 1. The standard InChI is InChI=1S/C21H24N2O5S/c1-14-12-23(13-15(2)28-14)29(26,27)18-10-8-17(9-11-18)21(25)22-20-7-5-4-6-19(20)16(3)24/h4-11,14-15H,12-13H2,1-3H3,(H,22,25)/t14-,15+. The molecule has 0 bridgehead atoms. The third-order valence-electron chi connectivity index (χ3n) is 4.69. The zero-order valence-corrected chi connectivity index (χ0v) is 17.4. The van der Waals surface area contributed by atoms with Gasteiger partial charge in [-0.15, -0.1) is 0 Å². The molecule has 1 amide bonds. The Labute approximate surface area is 170 Å². The zero-order valence-electron chi connectivity index (χ0n) is 16.6. The molecule has 0 aromatic heterocycles. The van der Waals surface area contributed by atoms with Gasteiger partial charge in [0.1, 0.15) is 0 Å². The molecule has 0 unspecified atom stereocenters. The summed E-state index contributed by atoms with van der Waals surface area (Å²) in [6.07, 6.45) is -0.361. The van der Waals surface area contributed by atoms with Crippen LogP contribution in [0.4, 0.5) is 5.69 Å². The smallest absolute Gasteiger partial charge is 0.255 e. The second-order valence-corrected chi connectivity index (χ2v) is 9.10. The molecule has 3 rings (SSSR count). The molecule has 0 spiro atoms. The second-order valence-electron chi connectivity index (χ2n) is 7.16. The lowest BCUT2D eigenvalue weighted by Gasteiger charge is -2.34. The molecule has 0 aliphatic carbocycles. The van der Waals surface area contributed by atoms with Crippen LogP contribution in [-0.2, 0) is 14.8 Å². The van der Waals surface area contributed by atoms with Crippen molar-refractivity contribution in [1.82, 2.24) is 4.31 Å². The fraction of sp³-hybridized carbons (Fsp3) is 0.333. The van der Waals surface area contributed by atoms with Crippen LogP contribution in [0.15, 0.2) is 53.4 Å². The van der Waals surface area contributed by atoms with Crippen LogP contribution in [0.1, 0.15) is 41.5 Å². The quantitative estimate of drug-likeness (QED) is 0.757. The molecule has 1 N–H and O–H groups in total. The maximum Gasteiger partial charge on any atom is 0.255 e. The molecule has 154 valence electrons. The van der Waals surface area contributed by atoms with Gasteiger partial charge in [0.25, 0.3) is 5.91 Å². The Kier molecular flexibility index (Phi) is 6.16. The molecule has 0 radical (unpaired) electrons. The number of carbonyl (C=O) groups excluding carboxylic acids is 2. The van der Waals surface area contributed by atoms with Gasteiger partial charge in [0.05, 0.1) is 22.8 Å². The van der Waals surface area contributed by atoms with Gasteiger partial charge < -0.3 is 10.1 Å². The highest BCUT2D eigenvalue weighted by Gasteiger charge is 2.32. The summed E-state index contributed by atoms with van der Waals surface area (Å²) in [6.45, 7) is 5.68. The van der Waals surface area contributed by atoms with Crippen molar-refractivity contribution in [1.29, 1.82) is 0 Å². The molecule has 1 aliphatic heterocycles. The summed E-state index contributed by atoms with van der Waals surface area (Å²) < 4.78 is 32.8. The van der Waals surface area contributed by atoms with E-state index in [0.29, 0.717) is 16.8 Å². The minimum Gasteiger partial charge on any atom is -0.373 e. The molecular weight excluding hydrogens is 392 g/mol. The largest absolute Gasteiger partial charge is 0.373 e. The number of anilines is 1. The third kappa shape index (κ3) is 4.72. The number of amides is 1. The normalized spacial score (nSPS) is 20.2. The fourth-order valence-corrected chi connectivity index (χ4v) is 4.94. The number of nitrogens with one attached hydrogen (secondary N) is 1. The van der Waals surface area contributed by atoms with Crippen LogP contribution in [-0.4, -0.2) is 49.7 Å². The van der Waals surface area contributed by atoms with E-state index in [1.165, 1.54) is 35.5 Å². The predicted molar refractivity (Wildman–Crippen MR) is 110 cm³/mol. The first-order valence-corrected chi connectivity index (χ1v) is 10.8. The summed E-state index contributed by atoms with van der Waals surface area (Å²) in [5.41, 5.74) is 1.12. The monoisotopic (exact) mass is 416 g/mol. The Morgan fingerprint density at radius 3 is 2.17 bits per heavy atom. The molecule has 7 nitrogen and oxygen atoms in total. The number of Topliss-reactive ketones (excluding diaryl/α,β-unsaturated/α-hetero) is 1. The first kappa shape index (κ1) is 21.2. The van der Waals surface area contributed by atoms with Gasteiger partial charge in [0.15, 0.2) is 5.78 Å². The van der Waals surface area contributed by atoms with E-state index >= 15 is 0 Å². The summed E-state index contributed by atoms with van der Waals surface area (Å²) >= 11 is 0. The average Bonchev–Trinajstić information content (AvgIpc) is 2.67. The highest BCUT2D eigenvalue weighted by Crippen LogP contribution is 2.22. The Balaban J connectivity index is 1.78. The lowest BCUT2D eigenvalue weighted by atomic mass is 10.1. The second kappa shape index (κ2) is 8.44. The van der Waals surface area contributed by atoms with Gasteiger partial charge in [-0.05, 0) is 57.2 Å². The van der Waals surface area contributed by atoms with Crippen molar-refractivity contribution in [2.75, 3.05) is 18.4 Å². The maximum atomic E-state index is 12.9. The minimum atomic E-state index is -3.67. The van der Waals surface area contributed by atoms with Crippen molar-refractivity contribution in [3.8, 4) is 0 Å².